The predicted molar refractivity (Wildman–Crippen MR) is 70.0 cm³/mol. The molecular formula is C12H15N3O2S. The van der Waals surface area contributed by atoms with Crippen molar-refractivity contribution in [2.24, 2.45) is 0 Å². The van der Waals surface area contributed by atoms with Crippen LogP contribution in [0.25, 0.3) is 0 Å². The molecule has 0 saturated heterocycles. The molecule has 2 N–H and O–H groups in total. The zero-order valence-electron chi connectivity index (χ0n) is 10.2. The highest BCUT2D eigenvalue weighted by molar-refractivity contribution is 7.90. The zero-order chi connectivity index (χ0) is 13.3. The van der Waals surface area contributed by atoms with Crippen molar-refractivity contribution in [3.8, 4) is 0 Å². The molecule has 1 unspecified atom stereocenters. The molecule has 0 fully saturated rings. The third kappa shape index (κ3) is 2.53. The lowest BCUT2D eigenvalue weighted by Crippen LogP contribution is -2.07. The molecule has 0 radical (unpaired) electrons. The van der Waals surface area contributed by atoms with E-state index in [0.29, 0.717) is 5.69 Å². The van der Waals surface area contributed by atoms with Crippen molar-refractivity contribution >= 4 is 15.5 Å². The molecule has 6 heteroatoms. The van der Waals surface area contributed by atoms with Gasteiger partial charge in [0.1, 0.15) is 4.90 Å². The maximum absolute atomic E-state index is 11.4. The number of nitrogens with two attached hydrogens (primary N) is 1. The molecule has 96 valence electrons. The Bertz CT molecular complexity index is 661. The molecular weight excluding hydrogens is 250 g/mol. The van der Waals surface area contributed by atoms with Crippen LogP contribution in [0.1, 0.15) is 18.5 Å². The Balaban J connectivity index is 2.35. The van der Waals surface area contributed by atoms with E-state index < -0.39 is 9.84 Å². The number of hydrogen-bond acceptors (Lipinski definition) is 4. The highest BCUT2D eigenvalue weighted by Gasteiger charge is 2.14. The fourth-order valence-corrected chi connectivity index (χ4v) is 2.23. The first-order chi connectivity index (χ1) is 8.38. The first kappa shape index (κ1) is 12.6. The fraction of sp³-hybridized carbons (Fsp3) is 0.250. The fourth-order valence-electron chi connectivity index (χ4n) is 1.70. The van der Waals surface area contributed by atoms with Gasteiger partial charge in [0, 0.05) is 18.1 Å². The van der Waals surface area contributed by atoms with Gasteiger partial charge in [0.05, 0.1) is 12.2 Å². The van der Waals surface area contributed by atoms with Gasteiger partial charge < -0.3 is 5.73 Å². The van der Waals surface area contributed by atoms with E-state index in [1.165, 1.54) is 18.6 Å². The summed E-state index contributed by atoms with van der Waals surface area (Å²) in [5.41, 5.74) is 7.38. The molecule has 0 aliphatic heterocycles. The van der Waals surface area contributed by atoms with Crippen LogP contribution in [0, 0.1) is 0 Å². The number of rotatable bonds is 3. The van der Waals surface area contributed by atoms with Crippen molar-refractivity contribution in [3.05, 3.63) is 42.2 Å². The van der Waals surface area contributed by atoms with Crippen molar-refractivity contribution in [1.82, 2.24) is 9.78 Å². The van der Waals surface area contributed by atoms with Crippen molar-refractivity contribution < 1.29 is 8.42 Å². The highest BCUT2D eigenvalue weighted by atomic mass is 32.2. The summed E-state index contributed by atoms with van der Waals surface area (Å²) in [6.07, 6.45) is 4.06. The topological polar surface area (TPSA) is 78.0 Å². The van der Waals surface area contributed by atoms with E-state index in [4.69, 9.17) is 5.73 Å². The van der Waals surface area contributed by atoms with Crippen LogP contribution >= 0.6 is 0 Å². The van der Waals surface area contributed by atoms with Crippen LogP contribution in [-0.2, 0) is 9.84 Å². The first-order valence-electron chi connectivity index (χ1n) is 5.47. The van der Waals surface area contributed by atoms with Gasteiger partial charge in [0.2, 0.25) is 0 Å². The lowest BCUT2D eigenvalue weighted by Gasteiger charge is -2.12. The first-order valence-corrected chi connectivity index (χ1v) is 7.37. The molecule has 0 spiro atoms. The third-order valence-electron chi connectivity index (χ3n) is 2.80. The molecule has 1 atom stereocenters. The zero-order valence-corrected chi connectivity index (χ0v) is 11.1. The summed E-state index contributed by atoms with van der Waals surface area (Å²) < 4.78 is 24.4. The largest absolute Gasteiger partial charge is 0.399 e. The number of hydrogen-bond donors (Lipinski definition) is 1. The van der Waals surface area contributed by atoms with Crippen molar-refractivity contribution in [2.75, 3.05) is 12.0 Å². The molecule has 2 aromatic rings. The van der Waals surface area contributed by atoms with E-state index in [1.807, 2.05) is 25.1 Å². The van der Waals surface area contributed by atoms with Crippen LogP contribution in [0.4, 0.5) is 5.69 Å². The second kappa shape index (κ2) is 4.45. The summed E-state index contributed by atoms with van der Waals surface area (Å²) in [5.74, 6) is 0. The van der Waals surface area contributed by atoms with Gasteiger partial charge in [-0.15, -0.1) is 0 Å². The summed E-state index contributed by atoms with van der Waals surface area (Å²) >= 11 is 0. The number of nitrogen functional groups attached to an aromatic ring is 1. The maximum Gasteiger partial charge on any atom is 0.178 e. The van der Waals surface area contributed by atoms with Crippen LogP contribution in [0.2, 0.25) is 0 Å². The number of aromatic nitrogens is 2. The quantitative estimate of drug-likeness (QED) is 0.853. The second-order valence-corrected chi connectivity index (χ2v) is 6.29. The minimum absolute atomic E-state index is 0.0657. The van der Waals surface area contributed by atoms with Gasteiger partial charge >= 0.3 is 0 Å². The van der Waals surface area contributed by atoms with E-state index >= 15 is 0 Å². The molecule has 0 saturated carbocycles. The predicted octanol–water partition coefficient (Wildman–Crippen LogP) is 1.48. The number of benzene rings is 1. The van der Waals surface area contributed by atoms with E-state index in [1.54, 1.807) is 10.7 Å². The summed E-state index contributed by atoms with van der Waals surface area (Å²) in [5, 5.41) is 4.09. The summed E-state index contributed by atoms with van der Waals surface area (Å²) in [6.45, 7) is 1.94. The molecule has 1 aromatic heterocycles. The summed E-state index contributed by atoms with van der Waals surface area (Å²) in [4.78, 5) is 0.221. The molecule has 5 nitrogen and oxygen atoms in total. The van der Waals surface area contributed by atoms with Crippen LogP contribution in [0.3, 0.4) is 0 Å². The van der Waals surface area contributed by atoms with E-state index in [-0.39, 0.29) is 10.9 Å². The van der Waals surface area contributed by atoms with Crippen molar-refractivity contribution in [3.63, 3.8) is 0 Å². The summed E-state index contributed by atoms with van der Waals surface area (Å²) in [7, 11) is -3.21. The normalized spacial score (nSPS) is 13.4. The Morgan fingerprint density at radius 1 is 1.39 bits per heavy atom. The standard InChI is InChI=1S/C12H15N3O2S/c1-9(10-4-3-5-11(13)6-10)15-8-12(7-14-15)18(2,16)17/h3-9H,13H2,1-2H3. The SMILES string of the molecule is CC(c1cccc(N)c1)n1cc(S(C)(=O)=O)cn1. The van der Waals surface area contributed by atoms with Gasteiger partial charge in [-0.3, -0.25) is 4.68 Å². The maximum atomic E-state index is 11.4. The van der Waals surface area contributed by atoms with Crippen molar-refractivity contribution in [2.45, 2.75) is 17.9 Å². The Morgan fingerprint density at radius 2 is 2.11 bits per heavy atom. The van der Waals surface area contributed by atoms with Gasteiger partial charge in [-0.05, 0) is 24.6 Å². The molecule has 1 aromatic carbocycles. The Kier molecular flexibility index (Phi) is 3.13. The third-order valence-corrected chi connectivity index (χ3v) is 3.86. The molecule has 0 aliphatic rings. The monoisotopic (exact) mass is 265 g/mol. The minimum atomic E-state index is -3.21. The van der Waals surface area contributed by atoms with Gasteiger partial charge in [-0.2, -0.15) is 5.10 Å². The Hall–Kier alpha value is -1.82. The van der Waals surface area contributed by atoms with Crippen LogP contribution in [0.15, 0.2) is 41.6 Å². The van der Waals surface area contributed by atoms with E-state index in [9.17, 15) is 8.42 Å². The molecule has 2 rings (SSSR count). The summed E-state index contributed by atoms with van der Waals surface area (Å²) in [6, 6.07) is 7.39. The number of anilines is 1. The van der Waals surface area contributed by atoms with Crippen molar-refractivity contribution in [1.29, 1.82) is 0 Å². The average Bonchev–Trinajstić information content (AvgIpc) is 2.77. The van der Waals surface area contributed by atoms with E-state index in [0.717, 1.165) is 5.56 Å². The number of sulfone groups is 1. The smallest absolute Gasteiger partial charge is 0.178 e. The molecule has 1 heterocycles. The lowest BCUT2D eigenvalue weighted by atomic mass is 10.1. The van der Waals surface area contributed by atoms with E-state index in [2.05, 4.69) is 5.10 Å². The van der Waals surface area contributed by atoms with Crippen LogP contribution in [-0.4, -0.2) is 24.5 Å². The van der Waals surface area contributed by atoms with Crippen LogP contribution in [0.5, 0.6) is 0 Å². The average molecular weight is 265 g/mol. The molecule has 18 heavy (non-hydrogen) atoms. The van der Waals surface area contributed by atoms with Gasteiger partial charge in [-0.1, -0.05) is 12.1 Å². The van der Waals surface area contributed by atoms with Crippen LogP contribution < -0.4 is 5.73 Å². The van der Waals surface area contributed by atoms with Gasteiger partial charge in [-0.25, -0.2) is 8.42 Å². The molecule has 0 bridgehead atoms. The van der Waals surface area contributed by atoms with Gasteiger partial charge in [0.15, 0.2) is 9.84 Å². The number of nitrogens with zero attached hydrogens (tertiary/aromatic N) is 2. The second-order valence-electron chi connectivity index (χ2n) is 4.27. The minimum Gasteiger partial charge on any atom is -0.399 e. The Labute approximate surface area is 106 Å². The highest BCUT2D eigenvalue weighted by Crippen LogP contribution is 2.20. The molecule has 0 amide bonds. The Morgan fingerprint density at radius 3 is 2.67 bits per heavy atom. The van der Waals surface area contributed by atoms with Gasteiger partial charge in [0.25, 0.3) is 0 Å². The lowest BCUT2D eigenvalue weighted by molar-refractivity contribution is 0.563. The molecule has 0 aliphatic carbocycles.